The topological polar surface area (TPSA) is 63.5 Å². The molecule has 5 nitrogen and oxygen atoms in total. The van der Waals surface area contributed by atoms with Crippen LogP contribution in [0.25, 0.3) is 10.9 Å². The number of carbonyl (C=O) groups is 1. The zero-order valence-corrected chi connectivity index (χ0v) is 17.1. The Morgan fingerprint density at radius 2 is 1.71 bits per heavy atom. The number of halogens is 1. The number of ether oxygens (including phenoxy) is 1. The standard InChI is InChI=1S/C25H23FN2O3/c1-31-19-12-10-17(11-13-19)14-27-15-21-20-7-3-5-9-23(20)28(24(21)25(29)30)16-18-6-2-4-8-22(18)26/h2-13,27H,14-16H2,1H3,(H,29,30). The number of hydrogen-bond acceptors (Lipinski definition) is 3. The van der Waals surface area contributed by atoms with Crippen LogP contribution in [0.2, 0.25) is 0 Å². The number of fused-ring (bicyclic) bond motifs is 1. The molecule has 4 aromatic rings. The molecule has 2 N–H and O–H groups in total. The van der Waals surface area contributed by atoms with Gasteiger partial charge < -0.3 is 19.7 Å². The fourth-order valence-corrected chi connectivity index (χ4v) is 3.84. The van der Waals surface area contributed by atoms with Crippen LogP contribution in [-0.2, 0) is 19.6 Å². The summed E-state index contributed by atoms with van der Waals surface area (Å²) in [4.78, 5) is 12.2. The van der Waals surface area contributed by atoms with Gasteiger partial charge in [0.2, 0.25) is 0 Å². The molecule has 6 heteroatoms. The van der Waals surface area contributed by atoms with Crippen molar-refractivity contribution in [2.45, 2.75) is 19.6 Å². The average Bonchev–Trinajstić information content (AvgIpc) is 3.09. The Bertz CT molecular complexity index is 1220. The van der Waals surface area contributed by atoms with Gasteiger partial charge >= 0.3 is 5.97 Å². The number of hydrogen-bond donors (Lipinski definition) is 2. The minimum atomic E-state index is -1.03. The van der Waals surface area contributed by atoms with Crippen LogP contribution in [0.5, 0.6) is 5.75 Å². The van der Waals surface area contributed by atoms with E-state index in [2.05, 4.69) is 5.32 Å². The molecular formula is C25H23FN2O3. The molecule has 0 aliphatic rings. The summed E-state index contributed by atoms with van der Waals surface area (Å²) in [6.07, 6.45) is 0. The third-order valence-electron chi connectivity index (χ3n) is 5.35. The van der Waals surface area contributed by atoms with E-state index in [1.54, 1.807) is 29.9 Å². The van der Waals surface area contributed by atoms with Crippen LogP contribution in [0.1, 0.15) is 27.2 Å². The molecule has 158 valence electrons. The summed E-state index contributed by atoms with van der Waals surface area (Å²) in [5, 5.41) is 14.2. The van der Waals surface area contributed by atoms with Gasteiger partial charge in [-0.25, -0.2) is 9.18 Å². The molecule has 0 radical (unpaired) electrons. The number of nitrogens with one attached hydrogen (secondary N) is 1. The van der Waals surface area contributed by atoms with E-state index in [0.717, 1.165) is 22.2 Å². The van der Waals surface area contributed by atoms with Crippen LogP contribution in [0, 0.1) is 5.82 Å². The molecule has 0 aliphatic carbocycles. The second-order valence-corrected chi connectivity index (χ2v) is 7.28. The first kappa shape index (κ1) is 20.6. The van der Waals surface area contributed by atoms with E-state index >= 15 is 0 Å². The highest BCUT2D eigenvalue weighted by Gasteiger charge is 2.22. The number of para-hydroxylation sites is 1. The number of benzene rings is 3. The smallest absolute Gasteiger partial charge is 0.352 e. The van der Waals surface area contributed by atoms with Crippen molar-refractivity contribution in [2.75, 3.05) is 7.11 Å². The van der Waals surface area contributed by atoms with Crippen molar-refractivity contribution in [3.63, 3.8) is 0 Å². The molecule has 0 bridgehead atoms. The Labute approximate surface area is 179 Å². The molecule has 0 amide bonds. The molecule has 0 saturated carbocycles. The van der Waals surface area contributed by atoms with E-state index in [-0.39, 0.29) is 18.1 Å². The Morgan fingerprint density at radius 3 is 2.42 bits per heavy atom. The van der Waals surface area contributed by atoms with Gasteiger partial charge in [0.15, 0.2) is 0 Å². The highest BCUT2D eigenvalue weighted by molar-refractivity contribution is 5.98. The Kier molecular flexibility index (Phi) is 6.00. The lowest BCUT2D eigenvalue weighted by Crippen LogP contribution is -2.17. The summed E-state index contributed by atoms with van der Waals surface area (Å²) in [5.41, 5.74) is 3.14. The number of aromatic nitrogens is 1. The number of aromatic carboxylic acids is 1. The van der Waals surface area contributed by atoms with Gasteiger partial charge in [-0.1, -0.05) is 48.5 Å². The monoisotopic (exact) mass is 418 g/mol. The fourth-order valence-electron chi connectivity index (χ4n) is 3.84. The van der Waals surface area contributed by atoms with Crippen molar-refractivity contribution >= 4 is 16.9 Å². The van der Waals surface area contributed by atoms with E-state index in [1.807, 2.05) is 48.5 Å². The lowest BCUT2D eigenvalue weighted by atomic mass is 10.1. The first-order valence-corrected chi connectivity index (χ1v) is 9.99. The predicted octanol–water partition coefficient (Wildman–Crippen LogP) is 4.83. The van der Waals surface area contributed by atoms with Gasteiger partial charge in [0.25, 0.3) is 0 Å². The van der Waals surface area contributed by atoms with Gasteiger partial charge in [0, 0.05) is 35.1 Å². The molecule has 1 heterocycles. The van der Waals surface area contributed by atoms with Crippen molar-refractivity contribution in [3.8, 4) is 5.75 Å². The minimum Gasteiger partial charge on any atom is -0.497 e. The summed E-state index contributed by atoms with van der Waals surface area (Å²) in [6.45, 7) is 1.10. The first-order chi connectivity index (χ1) is 15.1. The molecule has 0 spiro atoms. The fraction of sp³-hybridized carbons (Fsp3) is 0.160. The summed E-state index contributed by atoms with van der Waals surface area (Å²) in [5.74, 6) is -0.599. The number of nitrogens with zero attached hydrogens (tertiary/aromatic N) is 1. The third-order valence-corrected chi connectivity index (χ3v) is 5.35. The summed E-state index contributed by atoms with van der Waals surface area (Å²) < 4.78 is 21.1. The molecule has 3 aromatic carbocycles. The molecule has 0 aliphatic heterocycles. The van der Waals surface area contributed by atoms with Gasteiger partial charge in [0.1, 0.15) is 17.3 Å². The second-order valence-electron chi connectivity index (χ2n) is 7.28. The maximum absolute atomic E-state index is 14.3. The van der Waals surface area contributed by atoms with Crippen molar-refractivity contribution in [2.24, 2.45) is 0 Å². The quantitative estimate of drug-likeness (QED) is 0.430. The first-order valence-electron chi connectivity index (χ1n) is 9.99. The molecule has 0 unspecified atom stereocenters. The second kappa shape index (κ2) is 9.02. The van der Waals surface area contributed by atoms with E-state index < -0.39 is 5.97 Å². The van der Waals surface area contributed by atoms with E-state index in [0.29, 0.717) is 24.2 Å². The maximum Gasteiger partial charge on any atom is 0.352 e. The Balaban J connectivity index is 1.66. The van der Waals surface area contributed by atoms with Crippen LogP contribution in [0.4, 0.5) is 4.39 Å². The average molecular weight is 418 g/mol. The van der Waals surface area contributed by atoms with Gasteiger partial charge in [-0.3, -0.25) is 0 Å². The highest BCUT2D eigenvalue weighted by Crippen LogP contribution is 2.28. The van der Waals surface area contributed by atoms with Gasteiger partial charge in [-0.15, -0.1) is 0 Å². The van der Waals surface area contributed by atoms with E-state index in [9.17, 15) is 14.3 Å². The molecular weight excluding hydrogens is 395 g/mol. The molecule has 4 rings (SSSR count). The normalized spacial score (nSPS) is 11.0. The predicted molar refractivity (Wildman–Crippen MR) is 118 cm³/mol. The van der Waals surface area contributed by atoms with Gasteiger partial charge in [0.05, 0.1) is 13.7 Å². The molecule has 31 heavy (non-hydrogen) atoms. The van der Waals surface area contributed by atoms with Crippen LogP contribution in [0.15, 0.2) is 72.8 Å². The van der Waals surface area contributed by atoms with Crippen molar-refractivity contribution in [1.29, 1.82) is 0 Å². The maximum atomic E-state index is 14.3. The largest absolute Gasteiger partial charge is 0.497 e. The minimum absolute atomic E-state index is 0.146. The number of rotatable bonds is 8. The van der Waals surface area contributed by atoms with Crippen LogP contribution in [0.3, 0.4) is 0 Å². The third kappa shape index (κ3) is 4.29. The lowest BCUT2D eigenvalue weighted by molar-refractivity contribution is 0.0684. The number of methoxy groups -OCH3 is 1. The van der Waals surface area contributed by atoms with Crippen LogP contribution >= 0.6 is 0 Å². The number of carboxylic acid groups (broad SMARTS) is 1. The van der Waals surface area contributed by atoms with Gasteiger partial charge in [-0.05, 0) is 29.8 Å². The van der Waals surface area contributed by atoms with Crippen molar-refractivity contribution < 1.29 is 19.0 Å². The van der Waals surface area contributed by atoms with Crippen molar-refractivity contribution in [1.82, 2.24) is 9.88 Å². The summed E-state index contributed by atoms with van der Waals surface area (Å²) in [7, 11) is 1.62. The molecule has 1 aromatic heterocycles. The molecule has 0 saturated heterocycles. The SMILES string of the molecule is COc1ccc(CNCc2c(C(=O)O)n(Cc3ccccc3F)c3ccccc23)cc1. The summed E-state index contributed by atoms with van der Waals surface area (Å²) in [6, 6.07) is 21.7. The van der Waals surface area contributed by atoms with E-state index in [1.165, 1.54) is 6.07 Å². The zero-order valence-electron chi connectivity index (χ0n) is 17.1. The number of carboxylic acids is 1. The van der Waals surface area contributed by atoms with Crippen LogP contribution < -0.4 is 10.1 Å². The zero-order chi connectivity index (χ0) is 21.8. The van der Waals surface area contributed by atoms with Crippen molar-refractivity contribution in [3.05, 3.63) is 101 Å². The van der Waals surface area contributed by atoms with Gasteiger partial charge in [-0.2, -0.15) is 0 Å². The lowest BCUT2D eigenvalue weighted by Gasteiger charge is -2.11. The highest BCUT2D eigenvalue weighted by atomic mass is 19.1. The molecule has 0 atom stereocenters. The van der Waals surface area contributed by atoms with Crippen LogP contribution in [-0.4, -0.2) is 22.8 Å². The summed E-state index contributed by atoms with van der Waals surface area (Å²) >= 11 is 0. The Hall–Kier alpha value is -3.64. The molecule has 0 fully saturated rings. The van der Waals surface area contributed by atoms with E-state index in [4.69, 9.17) is 4.74 Å². The Morgan fingerprint density at radius 1 is 1.00 bits per heavy atom.